The van der Waals surface area contributed by atoms with Crippen molar-refractivity contribution < 1.29 is 23.0 Å². The molecule has 208 valence electrons. The molecule has 4 aromatic rings. The number of fused-ring (bicyclic) bond motifs is 1. The van der Waals surface area contributed by atoms with Crippen molar-refractivity contribution in [3.05, 3.63) is 54.1 Å². The first-order chi connectivity index (χ1) is 19.3. The zero-order valence-electron chi connectivity index (χ0n) is 21.5. The van der Waals surface area contributed by atoms with E-state index < -0.39 is 18.6 Å². The van der Waals surface area contributed by atoms with Crippen LogP contribution >= 0.6 is 11.6 Å². The molecule has 2 aromatic carbocycles. The van der Waals surface area contributed by atoms with Crippen LogP contribution in [-0.2, 0) is 0 Å². The van der Waals surface area contributed by atoms with Crippen molar-refractivity contribution in [3.63, 3.8) is 0 Å². The monoisotopic (exact) mass is 570 g/mol. The van der Waals surface area contributed by atoms with Crippen molar-refractivity contribution >= 4 is 46.2 Å². The van der Waals surface area contributed by atoms with Crippen LogP contribution in [0, 0.1) is 0 Å². The summed E-state index contributed by atoms with van der Waals surface area (Å²) < 4.78 is 47.0. The van der Waals surface area contributed by atoms with Crippen LogP contribution < -0.4 is 25.3 Å². The van der Waals surface area contributed by atoms with E-state index in [2.05, 4.69) is 30.2 Å². The molecular weight excluding hydrogens is 546 g/mol. The van der Waals surface area contributed by atoms with Gasteiger partial charge in [-0.05, 0) is 37.4 Å². The molecule has 14 heteroatoms. The van der Waals surface area contributed by atoms with Gasteiger partial charge in [-0.2, -0.15) is 0 Å². The topological polar surface area (TPSA) is 133 Å². The summed E-state index contributed by atoms with van der Waals surface area (Å²) in [5.74, 6) is -1.46. The minimum Gasteiger partial charge on any atom is -0.493 e. The summed E-state index contributed by atoms with van der Waals surface area (Å²) in [5, 5.41) is 3.84. The Balaban J connectivity index is 1.45. The lowest BCUT2D eigenvalue weighted by molar-refractivity contribution is -0.135. The van der Waals surface area contributed by atoms with Gasteiger partial charge in [-0.3, -0.25) is 0 Å². The molecule has 40 heavy (non-hydrogen) atoms. The molecule has 11 nitrogen and oxygen atoms in total. The van der Waals surface area contributed by atoms with Crippen LogP contribution in [0.15, 0.2) is 54.0 Å². The smallest absolute Gasteiger partial charge is 0.296 e. The number of rotatable bonds is 8. The predicted molar refractivity (Wildman–Crippen MR) is 147 cm³/mol. The van der Waals surface area contributed by atoms with E-state index in [0.29, 0.717) is 40.5 Å². The highest BCUT2D eigenvalue weighted by molar-refractivity contribution is 6.32. The number of ether oxygens (including phenoxy) is 3. The molecule has 0 amide bonds. The molecule has 1 atom stereocenters. The standard InChI is InChI=1S/C26H25ClF2N8O3/c1-37-8-7-20(26(28,29)11-37)40-24-19(38-2)6-4-17-23(24)25(35-13-32-17)36-15-3-5-18(16(27)9-15)39-22-10-21(31-12-30)33-14-34-22/h3-6,9-10,12-14,20H,7-8,11H2,1-2H3,(H,32,35,36)(H2,30,31,33,34)/t20-/m1/s1. The summed E-state index contributed by atoms with van der Waals surface area (Å²) in [6.07, 6.45) is 2.56. The van der Waals surface area contributed by atoms with Crippen molar-refractivity contribution in [1.29, 1.82) is 0 Å². The number of halogens is 3. The zero-order chi connectivity index (χ0) is 28.3. The van der Waals surface area contributed by atoms with Gasteiger partial charge in [0.05, 0.1) is 35.9 Å². The molecule has 1 aliphatic heterocycles. The second-order valence-electron chi connectivity index (χ2n) is 8.97. The Hall–Kier alpha value is -4.36. The minimum atomic E-state index is -3.06. The van der Waals surface area contributed by atoms with E-state index in [1.165, 1.54) is 25.8 Å². The Morgan fingerprint density at radius 3 is 2.67 bits per heavy atom. The lowest BCUT2D eigenvalue weighted by Gasteiger charge is -2.36. The van der Waals surface area contributed by atoms with Gasteiger partial charge in [0.25, 0.3) is 5.92 Å². The van der Waals surface area contributed by atoms with Crippen molar-refractivity contribution in [2.45, 2.75) is 18.4 Å². The number of piperidine rings is 1. The molecule has 3 heterocycles. The highest BCUT2D eigenvalue weighted by Crippen LogP contribution is 2.42. The quantitative estimate of drug-likeness (QED) is 0.221. The number of nitrogens with two attached hydrogens (primary N) is 1. The van der Waals surface area contributed by atoms with Crippen molar-refractivity contribution in [3.8, 4) is 23.1 Å². The van der Waals surface area contributed by atoms with Gasteiger partial charge in [-0.1, -0.05) is 11.6 Å². The van der Waals surface area contributed by atoms with Crippen molar-refractivity contribution in [1.82, 2.24) is 24.8 Å². The molecule has 1 fully saturated rings. The minimum absolute atomic E-state index is 0.128. The van der Waals surface area contributed by atoms with E-state index in [9.17, 15) is 8.78 Å². The Morgan fingerprint density at radius 1 is 1.12 bits per heavy atom. The highest BCUT2D eigenvalue weighted by Gasteiger charge is 2.46. The van der Waals surface area contributed by atoms with Crippen molar-refractivity contribution in [2.75, 3.05) is 32.6 Å². The number of methoxy groups -OCH3 is 1. The van der Waals surface area contributed by atoms with Gasteiger partial charge in [-0.15, -0.1) is 0 Å². The number of hydrogen-bond donors (Lipinski definition) is 2. The summed E-state index contributed by atoms with van der Waals surface area (Å²) in [7, 11) is 3.10. The lowest BCUT2D eigenvalue weighted by atomic mass is 10.0. The normalized spacial score (nSPS) is 17.2. The Morgan fingerprint density at radius 2 is 1.93 bits per heavy atom. The summed E-state index contributed by atoms with van der Waals surface area (Å²) in [5.41, 5.74) is 6.34. The predicted octanol–water partition coefficient (Wildman–Crippen LogP) is 4.95. The van der Waals surface area contributed by atoms with Crippen LogP contribution in [0.1, 0.15) is 6.42 Å². The largest absolute Gasteiger partial charge is 0.493 e. The van der Waals surface area contributed by atoms with Crippen LogP contribution in [0.25, 0.3) is 10.9 Å². The molecule has 0 radical (unpaired) electrons. The molecule has 0 unspecified atom stereocenters. The van der Waals surface area contributed by atoms with Crippen molar-refractivity contribution in [2.24, 2.45) is 10.7 Å². The molecule has 1 saturated heterocycles. The van der Waals surface area contributed by atoms with Gasteiger partial charge >= 0.3 is 0 Å². The van der Waals surface area contributed by atoms with Crippen LogP contribution in [0.2, 0.25) is 5.02 Å². The van der Waals surface area contributed by atoms with Crippen LogP contribution in [-0.4, -0.2) is 70.4 Å². The molecule has 0 bridgehead atoms. The maximum Gasteiger partial charge on any atom is 0.296 e. The zero-order valence-corrected chi connectivity index (χ0v) is 22.3. The number of anilines is 2. The number of likely N-dealkylation sites (tertiary alicyclic amines) is 1. The number of nitrogens with zero attached hydrogens (tertiary/aromatic N) is 6. The average molecular weight is 571 g/mol. The van der Waals surface area contributed by atoms with E-state index in [0.717, 1.165) is 6.34 Å². The summed E-state index contributed by atoms with van der Waals surface area (Å²) >= 11 is 6.49. The first-order valence-electron chi connectivity index (χ1n) is 12.1. The maximum absolute atomic E-state index is 14.9. The third kappa shape index (κ3) is 5.80. The molecule has 1 aliphatic rings. The van der Waals surface area contributed by atoms with E-state index >= 15 is 0 Å². The van der Waals surface area contributed by atoms with Gasteiger partial charge in [-0.25, -0.2) is 33.7 Å². The number of alkyl halides is 2. The fourth-order valence-electron chi connectivity index (χ4n) is 4.30. The Bertz CT molecular complexity index is 1560. The fraction of sp³-hybridized carbons (Fsp3) is 0.269. The molecule has 0 aliphatic carbocycles. The lowest BCUT2D eigenvalue weighted by Crippen LogP contribution is -2.52. The van der Waals surface area contributed by atoms with E-state index in [4.69, 9.17) is 31.5 Å². The third-order valence-electron chi connectivity index (χ3n) is 6.17. The number of aromatic nitrogens is 4. The number of aliphatic imine (C=N–C) groups is 1. The van der Waals surface area contributed by atoms with Gasteiger partial charge in [0.15, 0.2) is 23.4 Å². The van der Waals surface area contributed by atoms with Gasteiger partial charge < -0.3 is 30.2 Å². The Kier molecular flexibility index (Phi) is 7.76. The number of hydrogen-bond acceptors (Lipinski definition) is 10. The maximum atomic E-state index is 14.9. The molecule has 5 rings (SSSR count). The molecule has 3 N–H and O–H groups in total. The average Bonchev–Trinajstić information content (AvgIpc) is 2.92. The summed E-state index contributed by atoms with van der Waals surface area (Å²) in [4.78, 5) is 22.1. The van der Waals surface area contributed by atoms with Crippen LogP contribution in [0.3, 0.4) is 0 Å². The van der Waals surface area contributed by atoms with Gasteiger partial charge in [0.2, 0.25) is 5.88 Å². The third-order valence-corrected chi connectivity index (χ3v) is 6.46. The number of nitrogens with one attached hydrogen (secondary N) is 1. The summed E-state index contributed by atoms with van der Waals surface area (Å²) in [6.45, 7) is 0.0637. The molecule has 0 saturated carbocycles. The van der Waals surface area contributed by atoms with E-state index in [1.54, 1.807) is 42.3 Å². The van der Waals surface area contributed by atoms with Crippen LogP contribution in [0.4, 0.5) is 26.1 Å². The molecule has 2 aromatic heterocycles. The highest BCUT2D eigenvalue weighted by atomic mass is 35.5. The SMILES string of the molecule is COc1ccc2ncnc(Nc3ccc(Oc4cc(N=CN)ncn4)c(Cl)c3)c2c1O[C@@H]1CCN(C)CC1(F)F. The number of benzene rings is 2. The molecular formula is C26H25ClF2N8O3. The van der Waals surface area contributed by atoms with Gasteiger partial charge in [0, 0.05) is 24.7 Å². The second-order valence-corrected chi connectivity index (χ2v) is 9.38. The second kappa shape index (κ2) is 11.4. The Labute approximate surface area is 233 Å². The van der Waals surface area contributed by atoms with Crippen LogP contribution in [0.5, 0.6) is 23.1 Å². The summed E-state index contributed by atoms with van der Waals surface area (Å²) in [6, 6.07) is 9.80. The first-order valence-corrected chi connectivity index (χ1v) is 12.5. The molecule has 0 spiro atoms. The first kappa shape index (κ1) is 27.2. The van der Waals surface area contributed by atoms with E-state index in [1.807, 2.05) is 0 Å². The van der Waals surface area contributed by atoms with Gasteiger partial charge in [0.1, 0.15) is 24.2 Å². The van der Waals surface area contributed by atoms with E-state index in [-0.39, 0.29) is 28.8 Å². The fourth-order valence-corrected chi connectivity index (χ4v) is 4.51.